The van der Waals surface area contributed by atoms with Crippen LogP contribution in [0, 0.1) is 35.5 Å². The minimum atomic E-state index is 0.485. The van der Waals surface area contributed by atoms with Gasteiger partial charge in [-0.1, -0.05) is 50.6 Å². The highest BCUT2D eigenvalue weighted by molar-refractivity contribution is 5.18. The molecule has 0 amide bonds. The van der Waals surface area contributed by atoms with Crippen molar-refractivity contribution in [2.24, 2.45) is 35.5 Å². The summed E-state index contributed by atoms with van der Waals surface area (Å²) in [6, 6.07) is 0. The Kier molecular flexibility index (Phi) is 10.3. The van der Waals surface area contributed by atoms with E-state index in [2.05, 4.69) is 71.6 Å². The van der Waals surface area contributed by atoms with Gasteiger partial charge in [0.1, 0.15) is 0 Å². The van der Waals surface area contributed by atoms with Gasteiger partial charge in [-0.05, 0) is 107 Å². The standard InChI is InChI=1S/C28H46O/c1-7-25-12-16-27(17-13-25)28-18-14-26(15-19-28)20-29-24(6)11-10-23(5)22(4)9-8-21(2)3/h7-11,21-22,25-28H,1,12-20H2,2-6H3/b9-8-,23-10+,24-11+. The highest BCUT2D eigenvalue weighted by Crippen LogP contribution is 2.41. The van der Waals surface area contributed by atoms with Crippen LogP contribution in [0.1, 0.15) is 86.0 Å². The van der Waals surface area contributed by atoms with Gasteiger partial charge in [-0.25, -0.2) is 0 Å². The van der Waals surface area contributed by atoms with E-state index in [4.69, 9.17) is 4.74 Å². The third kappa shape index (κ3) is 8.57. The normalized spacial score (nSPS) is 30.6. The van der Waals surface area contributed by atoms with Crippen molar-refractivity contribution in [3.63, 3.8) is 0 Å². The molecule has 1 nitrogen and oxygen atoms in total. The molecule has 2 aliphatic rings. The van der Waals surface area contributed by atoms with Crippen molar-refractivity contribution in [1.29, 1.82) is 0 Å². The first-order valence-electron chi connectivity index (χ1n) is 12.2. The van der Waals surface area contributed by atoms with E-state index in [1.165, 1.54) is 56.9 Å². The van der Waals surface area contributed by atoms with Crippen LogP contribution in [0.25, 0.3) is 0 Å². The molecule has 0 spiro atoms. The van der Waals surface area contributed by atoms with Crippen LogP contribution in [-0.4, -0.2) is 6.61 Å². The number of ether oxygens (including phenoxy) is 1. The van der Waals surface area contributed by atoms with Gasteiger partial charge in [0.15, 0.2) is 0 Å². The summed E-state index contributed by atoms with van der Waals surface area (Å²) in [6.07, 6.45) is 22.3. The third-order valence-electron chi connectivity index (χ3n) is 7.34. The third-order valence-corrected chi connectivity index (χ3v) is 7.34. The fraction of sp³-hybridized carbons (Fsp3) is 0.714. The van der Waals surface area contributed by atoms with Gasteiger partial charge < -0.3 is 4.74 Å². The van der Waals surface area contributed by atoms with Gasteiger partial charge in [-0.15, -0.1) is 6.58 Å². The molecule has 0 N–H and O–H groups in total. The first-order valence-corrected chi connectivity index (χ1v) is 12.2. The highest BCUT2D eigenvalue weighted by atomic mass is 16.5. The Bertz CT molecular complexity index is 563. The van der Waals surface area contributed by atoms with Crippen LogP contribution >= 0.6 is 0 Å². The predicted octanol–water partition coefficient (Wildman–Crippen LogP) is 8.50. The fourth-order valence-corrected chi connectivity index (χ4v) is 4.92. The quantitative estimate of drug-likeness (QED) is 0.215. The van der Waals surface area contributed by atoms with E-state index in [0.717, 1.165) is 36.0 Å². The molecule has 2 rings (SSSR count). The van der Waals surface area contributed by atoms with Gasteiger partial charge in [-0.2, -0.15) is 0 Å². The average Bonchev–Trinajstić information content (AvgIpc) is 2.74. The molecule has 0 saturated heterocycles. The SMILES string of the molecule is C=CC1CCC(C2CCC(CO/C(C)=C/C=C(\C)C(C)/C=C\C(C)C)CC2)CC1. The van der Waals surface area contributed by atoms with Crippen molar-refractivity contribution in [2.45, 2.75) is 86.0 Å². The Balaban J connectivity index is 1.69. The second kappa shape index (κ2) is 12.5. The van der Waals surface area contributed by atoms with E-state index < -0.39 is 0 Å². The maximum Gasteiger partial charge on any atom is 0.0928 e. The van der Waals surface area contributed by atoms with Crippen LogP contribution < -0.4 is 0 Å². The molecule has 0 aromatic carbocycles. The maximum atomic E-state index is 6.11. The van der Waals surface area contributed by atoms with Crippen LogP contribution in [0.3, 0.4) is 0 Å². The molecule has 1 heteroatoms. The first-order chi connectivity index (χ1) is 13.9. The summed E-state index contributed by atoms with van der Waals surface area (Å²) >= 11 is 0. The molecular formula is C28H46O. The van der Waals surface area contributed by atoms with E-state index in [-0.39, 0.29) is 0 Å². The van der Waals surface area contributed by atoms with Crippen LogP contribution in [0.5, 0.6) is 0 Å². The van der Waals surface area contributed by atoms with Crippen LogP contribution in [-0.2, 0) is 4.74 Å². The minimum absolute atomic E-state index is 0.485. The summed E-state index contributed by atoms with van der Waals surface area (Å²) in [7, 11) is 0. The van der Waals surface area contributed by atoms with Gasteiger partial charge in [0, 0.05) is 0 Å². The highest BCUT2D eigenvalue weighted by Gasteiger charge is 2.30. The summed E-state index contributed by atoms with van der Waals surface area (Å²) in [5.41, 5.74) is 1.39. The molecule has 29 heavy (non-hydrogen) atoms. The summed E-state index contributed by atoms with van der Waals surface area (Å²) < 4.78 is 6.11. The molecule has 2 fully saturated rings. The number of allylic oxidation sites excluding steroid dienone is 7. The molecule has 0 aliphatic heterocycles. The lowest BCUT2D eigenvalue weighted by molar-refractivity contribution is 0.103. The van der Waals surface area contributed by atoms with Gasteiger partial charge in [0.05, 0.1) is 12.4 Å². The van der Waals surface area contributed by atoms with Crippen LogP contribution in [0.15, 0.2) is 48.3 Å². The predicted molar refractivity (Wildman–Crippen MR) is 128 cm³/mol. The van der Waals surface area contributed by atoms with Crippen LogP contribution in [0.4, 0.5) is 0 Å². The molecule has 1 atom stereocenters. The monoisotopic (exact) mass is 398 g/mol. The smallest absolute Gasteiger partial charge is 0.0928 e. The first kappa shape index (κ1) is 24.0. The second-order valence-corrected chi connectivity index (χ2v) is 10.1. The summed E-state index contributed by atoms with van der Waals surface area (Å²) in [4.78, 5) is 0. The summed E-state index contributed by atoms with van der Waals surface area (Å²) in [6.45, 7) is 15.9. The zero-order valence-corrected chi connectivity index (χ0v) is 19.8. The van der Waals surface area contributed by atoms with Crippen molar-refractivity contribution in [2.75, 3.05) is 6.61 Å². The molecule has 164 valence electrons. The van der Waals surface area contributed by atoms with Crippen molar-refractivity contribution >= 4 is 0 Å². The summed E-state index contributed by atoms with van der Waals surface area (Å²) in [5, 5.41) is 0. The molecule has 0 aromatic rings. The lowest BCUT2D eigenvalue weighted by atomic mass is 9.69. The number of hydrogen-bond donors (Lipinski definition) is 0. The second-order valence-electron chi connectivity index (χ2n) is 10.1. The van der Waals surface area contributed by atoms with Gasteiger partial charge in [-0.3, -0.25) is 0 Å². The Morgan fingerprint density at radius 1 is 0.862 bits per heavy atom. The largest absolute Gasteiger partial charge is 0.498 e. The minimum Gasteiger partial charge on any atom is -0.498 e. The van der Waals surface area contributed by atoms with Gasteiger partial charge >= 0.3 is 0 Å². The van der Waals surface area contributed by atoms with Gasteiger partial charge in [0.25, 0.3) is 0 Å². The van der Waals surface area contributed by atoms with E-state index in [1.54, 1.807) is 0 Å². The lowest BCUT2D eigenvalue weighted by Gasteiger charge is -2.37. The van der Waals surface area contributed by atoms with Crippen molar-refractivity contribution < 1.29 is 4.74 Å². The Morgan fingerprint density at radius 3 is 2.00 bits per heavy atom. The van der Waals surface area contributed by atoms with Gasteiger partial charge in [0.2, 0.25) is 0 Å². The molecule has 2 aliphatic carbocycles. The topological polar surface area (TPSA) is 9.23 Å². The maximum absolute atomic E-state index is 6.11. The fourth-order valence-electron chi connectivity index (χ4n) is 4.92. The molecular weight excluding hydrogens is 352 g/mol. The lowest BCUT2D eigenvalue weighted by Crippen LogP contribution is -2.26. The van der Waals surface area contributed by atoms with Crippen molar-refractivity contribution in [1.82, 2.24) is 0 Å². The Hall–Kier alpha value is -1.24. The molecule has 1 unspecified atom stereocenters. The van der Waals surface area contributed by atoms with E-state index in [1.807, 2.05) is 0 Å². The average molecular weight is 399 g/mol. The zero-order valence-electron chi connectivity index (χ0n) is 19.8. The molecule has 0 aromatic heterocycles. The Morgan fingerprint density at radius 2 is 1.45 bits per heavy atom. The van der Waals surface area contributed by atoms with Crippen LogP contribution in [0.2, 0.25) is 0 Å². The Labute approximate surface area is 181 Å². The number of rotatable bonds is 9. The summed E-state index contributed by atoms with van der Waals surface area (Å²) in [5.74, 6) is 5.64. The van der Waals surface area contributed by atoms with Crippen molar-refractivity contribution in [3.05, 3.63) is 48.3 Å². The van der Waals surface area contributed by atoms with E-state index in [9.17, 15) is 0 Å². The molecule has 2 saturated carbocycles. The van der Waals surface area contributed by atoms with Crippen molar-refractivity contribution in [3.8, 4) is 0 Å². The van der Waals surface area contributed by atoms with E-state index >= 15 is 0 Å². The molecule has 0 heterocycles. The number of hydrogen-bond acceptors (Lipinski definition) is 1. The van der Waals surface area contributed by atoms with E-state index in [0.29, 0.717) is 11.8 Å². The molecule has 0 bridgehead atoms. The molecule has 0 radical (unpaired) electrons. The zero-order chi connectivity index (χ0) is 21.2.